The normalized spacial score (nSPS) is 16.4. The number of para-hydroxylation sites is 1. The van der Waals surface area contributed by atoms with Crippen LogP contribution in [-0.2, 0) is 15.6 Å². The molecule has 1 aliphatic rings. The van der Waals surface area contributed by atoms with Crippen molar-refractivity contribution >= 4 is 17.3 Å². The molecule has 0 aromatic heterocycles. The van der Waals surface area contributed by atoms with Gasteiger partial charge in [0.2, 0.25) is 5.91 Å². The predicted molar refractivity (Wildman–Crippen MR) is 135 cm³/mol. The first-order chi connectivity index (χ1) is 14.9. The Morgan fingerprint density at radius 2 is 1.41 bits per heavy atom. The Labute approximate surface area is 193 Å². The number of nitrogens with zero attached hydrogens (tertiary/aromatic N) is 1. The van der Waals surface area contributed by atoms with Gasteiger partial charge in [-0.15, -0.1) is 0 Å². The van der Waals surface area contributed by atoms with Crippen LogP contribution in [0, 0.1) is 13.8 Å². The van der Waals surface area contributed by atoms with Crippen LogP contribution < -0.4 is 4.90 Å². The summed E-state index contributed by atoms with van der Waals surface area (Å²) in [5.74, 6) is -0.168. The SMILES string of the molecule is Cc1ccc(C2C(=O)N(c3ccccc3)c3c2cc(C(C)(C)C)cc3C(C)(C)C)cc1C. The van der Waals surface area contributed by atoms with E-state index in [-0.39, 0.29) is 22.7 Å². The topological polar surface area (TPSA) is 20.3 Å². The van der Waals surface area contributed by atoms with E-state index in [0.29, 0.717) is 0 Å². The number of benzene rings is 3. The smallest absolute Gasteiger partial charge is 0.243 e. The van der Waals surface area contributed by atoms with Gasteiger partial charge in [-0.2, -0.15) is 0 Å². The third kappa shape index (κ3) is 3.77. The molecule has 3 aromatic carbocycles. The highest BCUT2D eigenvalue weighted by Crippen LogP contribution is 2.51. The van der Waals surface area contributed by atoms with E-state index in [4.69, 9.17) is 0 Å². The quantitative estimate of drug-likeness (QED) is 0.412. The number of carbonyl (C=O) groups is 1. The van der Waals surface area contributed by atoms with Crippen LogP contribution in [0.5, 0.6) is 0 Å². The number of carbonyl (C=O) groups excluding carboxylic acids is 1. The summed E-state index contributed by atoms with van der Waals surface area (Å²) < 4.78 is 0. The zero-order valence-electron chi connectivity index (χ0n) is 20.7. The van der Waals surface area contributed by atoms with Crippen molar-refractivity contribution in [2.75, 3.05) is 4.90 Å². The van der Waals surface area contributed by atoms with Gasteiger partial charge in [0.1, 0.15) is 0 Å². The minimum Gasteiger partial charge on any atom is -0.280 e. The molecule has 166 valence electrons. The van der Waals surface area contributed by atoms with Gasteiger partial charge >= 0.3 is 0 Å². The summed E-state index contributed by atoms with van der Waals surface area (Å²) in [5.41, 5.74) is 9.05. The van der Waals surface area contributed by atoms with E-state index >= 15 is 0 Å². The molecule has 1 amide bonds. The summed E-state index contributed by atoms with van der Waals surface area (Å²) in [4.78, 5) is 16.1. The Kier molecular flexibility index (Phi) is 5.32. The highest BCUT2D eigenvalue weighted by Gasteiger charge is 2.43. The molecule has 3 aromatic rings. The van der Waals surface area contributed by atoms with Crippen LogP contribution in [0.15, 0.2) is 60.7 Å². The van der Waals surface area contributed by atoms with Crippen LogP contribution in [0.3, 0.4) is 0 Å². The lowest BCUT2D eigenvalue weighted by atomic mass is 9.77. The van der Waals surface area contributed by atoms with Crippen molar-refractivity contribution in [3.8, 4) is 0 Å². The third-order valence-corrected chi connectivity index (χ3v) is 6.69. The van der Waals surface area contributed by atoms with Crippen LogP contribution in [0.2, 0.25) is 0 Å². The third-order valence-electron chi connectivity index (χ3n) is 6.69. The number of aryl methyl sites for hydroxylation is 2. The van der Waals surface area contributed by atoms with Crippen LogP contribution in [-0.4, -0.2) is 5.91 Å². The van der Waals surface area contributed by atoms with Gasteiger partial charge < -0.3 is 0 Å². The molecule has 2 heteroatoms. The molecule has 0 N–H and O–H groups in total. The molecule has 0 spiro atoms. The first-order valence-electron chi connectivity index (χ1n) is 11.5. The number of hydrogen-bond acceptors (Lipinski definition) is 1. The lowest BCUT2D eigenvalue weighted by molar-refractivity contribution is -0.117. The summed E-state index contributed by atoms with van der Waals surface area (Å²) in [5, 5.41) is 0. The molecule has 1 unspecified atom stereocenters. The van der Waals surface area contributed by atoms with E-state index in [1.54, 1.807) is 0 Å². The van der Waals surface area contributed by atoms with Crippen molar-refractivity contribution < 1.29 is 4.79 Å². The lowest BCUT2D eigenvalue weighted by Gasteiger charge is -2.30. The monoisotopic (exact) mass is 425 g/mol. The standard InChI is InChI=1S/C30H35NO/c1-19-14-15-21(16-20(19)2)26-24-17-22(29(3,4)5)18-25(30(6,7)8)27(24)31(28(26)32)23-12-10-9-11-13-23/h9-18,26H,1-8H3. The summed E-state index contributed by atoms with van der Waals surface area (Å²) >= 11 is 0. The van der Waals surface area contributed by atoms with Crippen LogP contribution in [0.25, 0.3) is 0 Å². The Hall–Kier alpha value is -2.87. The molecule has 32 heavy (non-hydrogen) atoms. The van der Waals surface area contributed by atoms with Gasteiger partial charge in [-0.3, -0.25) is 9.69 Å². The maximum Gasteiger partial charge on any atom is 0.243 e. The Bertz CT molecular complexity index is 1180. The maximum atomic E-state index is 14.1. The molecular weight excluding hydrogens is 390 g/mol. The molecule has 2 nitrogen and oxygen atoms in total. The molecule has 0 saturated carbocycles. The van der Waals surface area contributed by atoms with Gasteiger partial charge in [0.05, 0.1) is 11.6 Å². The van der Waals surface area contributed by atoms with Gasteiger partial charge in [0.25, 0.3) is 0 Å². The molecule has 1 aliphatic heterocycles. The van der Waals surface area contributed by atoms with Gasteiger partial charge in [0, 0.05) is 5.69 Å². The first-order valence-corrected chi connectivity index (χ1v) is 11.5. The van der Waals surface area contributed by atoms with Crippen molar-refractivity contribution in [3.63, 3.8) is 0 Å². The summed E-state index contributed by atoms with van der Waals surface area (Å²) in [6.07, 6.45) is 0. The van der Waals surface area contributed by atoms with Crippen molar-refractivity contribution in [2.24, 2.45) is 0 Å². The Morgan fingerprint density at radius 3 is 1.97 bits per heavy atom. The van der Waals surface area contributed by atoms with E-state index in [1.165, 1.54) is 22.3 Å². The molecule has 0 fully saturated rings. The molecule has 1 atom stereocenters. The minimum atomic E-state index is -0.298. The fraction of sp³-hybridized carbons (Fsp3) is 0.367. The number of rotatable bonds is 2. The molecule has 4 rings (SSSR count). The highest BCUT2D eigenvalue weighted by molar-refractivity contribution is 6.13. The maximum absolute atomic E-state index is 14.1. The predicted octanol–water partition coefficient (Wildman–Crippen LogP) is 7.71. The molecule has 0 aliphatic carbocycles. The van der Waals surface area contributed by atoms with Gasteiger partial charge in [-0.1, -0.05) is 90.1 Å². The van der Waals surface area contributed by atoms with Crippen LogP contribution >= 0.6 is 0 Å². The number of anilines is 2. The van der Waals surface area contributed by atoms with Gasteiger partial charge in [-0.05, 0) is 70.2 Å². The average Bonchev–Trinajstić information content (AvgIpc) is 3.00. The van der Waals surface area contributed by atoms with Gasteiger partial charge in [-0.25, -0.2) is 0 Å². The number of amides is 1. The van der Waals surface area contributed by atoms with E-state index < -0.39 is 0 Å². The molecule has 0 saturated heterocycles. The van der Waals surface area contributed by atoms with E-state index in [1.807, 2.05) is 35.2 Å². The second kappa shape index (κ2) is 7.62. The fourth-order valence-electron chi connectivity index (χ4n) is 4.60. The Morgan fingerprint density at radius 1 is 0.750 bits per heavy atom. The molecule has 1 heterocycles. The molecule has 0 radical (unpaired) electrons. The highest BCUT2D eigenvalue weighted by atomic mass is 16.2. The average molecular weight is 426 g/mol. The second-order valence-corrected chi connectivity index (χ2v) is 11.2. The van der Waals surface area contributed by atoms with E-state index in [2.05, 4.69) is 85.7 Å². The van der Waals surface area contributed by atoms with Crippen molar-refractivity contribution in [2.45, 2.75) is 72.1 Å². The zero-order chi connectivity index (χ0) is 23.4. The van der Waals surface area contributed by atoms with E-state index in [9.17, 15) is 4.79 Å². The van der Waals surface area contributed by atoms with Crippen LogP contribution in [0.1, 0.15) is 80.8 Å². The number of hydrogen-bond donors (Lipinski definition) is 0. The van der Waals surface area contributed by atoms with E-state index in [0.717, 1.165) is 22.5 Å². The molecule has 0 bridgehead atoms. The first kappa shape index (κ1) is 22.3. The Balaban J connectivity index is 2.07. The van der Waals surface area contributed by atoms with Crippen molar-refractivity contribution in [1.82, 2.24) is 0 Å². The largest absolute Gasteiger partial charge is 0.280 e. The number of fused-ring (bicyclic) bond motifs is 1. The zero-order valence-corrected chi connectivity index (χ0v) is 20.7. The lowest BCUT2D eigenvalue weighted by Crippen LogP contribution is -2.26. The fourth-order valence-corrected chi connectivity index (χ4v) is 4.60. The summed E-state index contributed by atoms with van der Waals surface area (Å²) in [6, 6.07) is 21.2. The molecular formula is C30H35NO. The summed E-state index contributed by atoms with van der Waals surface area (Å²) in [7, 11) is 0. The summed E-state index contributed by atoms with van der Waals surface area (Å²) in [6.45, 7) is 17.7. The van der Waals surface area contributed by atoms with Crippen molar-refractivity contribution in [1.29, 1.82) is 0 Å². The van der Waals surface area contributed by atoms with Crippen LogP contribution in [0.4, 0.5) is 11.4 Å². The minimum absolute atomic E-state index is 0.00795. The van der Waals surface area contributed by atoms with Gasteiger partial charge in [0.15, 0.2) is 0 Å². The second-order valence-electron chi connectivity index (χ2n) is 11.2. The van der Waals surface area contributed by atoms with Crippen molar-refractivity contribution in [3.05, 3.63) is 94.0 Å².